The standard InChI is InChI=1S/C14H14O4/c1-10(15)17-9-12-7-8-13(14(16)18-12)11-5-3-2-4-6-11/h2-6,8,12H,7,9H2,1H3. The Morgan fingerprint density at radius 3 is 2.72 bits per heavy atom. The molecule has 1 aromatic carbocycles. The number of hydrogen-bond donors (Lipinski definition) is 0. The van der Waals surface area contributed by atoms with Crippen molar-refractivity contribution < 1.29 is 19.1 Å². The van der Waals surface area contributed by atoms with Crippen molar-refractivity contribution in [2.45, 2.75) is 19.4 Å². The molecule has 0 spiro atoms. The Morgan fingerprint density at radius 2 is 2.11 bits per heavy atom. The van der Waals surface area contributed by atoms with Gasteiger partial charge in [-0.25, -0.2) is 4.79 Å². The van der Waals surface area contributed by atoms with E-state index in [9.17, 15) is 9.59 Å². The van der Waals surface area contributed by atoms with Crippen molar-refractivity contribution in [3.63, 3.8) is 0 Å². The van der Waals surface area contributed by atoms with E-state index in [0.29, 0.717) is 12.0 Å². The number of esters is 2. The SMILES string of the molecule is CC(=O)OCC1CC=C(c2ccccc2)C(=O)O1. The molecular weight excluding hydrogens is 232 g/mol. The van der Waals surface area contributed by atoms with Crippen LogP contribution in [-0.2, 0) is 19.1 Å². The van der Waals surface area contributed by atoms with E-state index in [1.165, 1.54) is 6.92 Å². The summed E-state index contributed by atoms with van der Waals surface area (Å²) in [6.45, 7) is 1.44. The Morgan fingerprint density at radius 1 is 1.39 bits per heavy atom. The molecule has 1 unspecified atom stereocenters. The van der Waals surface area contributed by atoms with E-state index < -0.39 is 0 Å². The fourth-order valence-electron chi connectivity index (χ4n) is 1.76. The Hall–Kier alpha value is -2.10. The highest BCUT2D eigenvalue weighted by molar-refractivity contribution is 6.17. The summed E-state index contributed by atoms with van der Waals surface area (Å²) in [5, 5.41) is 0. The molecule has 4 heteroatoms. The molecule has 0 aromatic heterocycles. The van der Waals surface area contributed by atoms with E-state index in [1.54, 1.807) is 0 Å². The summed E-state index contributed by atoms with van der Waals surface area (Å²) in [4.78, 5) is 22.5. The van der Waals surface area contributed by atoms with Crippen molar-refractivity contribution in [1.82, 2.24) is 0 Å². The lowest BCUT2D eigenvalue weighted by Crippen LogP contribution is -2.28. The number of rotatable bonds is 3. The smallest absolute Gasteiger partial charge is 0.338 e. The van der Waals surface area contributed by atoms with E-state index in [4.69, 9.17) is 9.47 Å². The molecule has 0 aliphatic carbocycles. The summed E-state index contributed by atoms with van der Waals surface area (Å²) in [5.41, 5.74) is 1.41. The Kier molecular flexibility index (Phi) is 3.77. The monoisotopic (exact) mass is 246 g/mol. The average molecular weight is 246 g/mol. The molecule has 1 aromatic rings. The quantitative estimate of drug-likeness (QED) is 0.765. The van der Waals surface area contributed by atoms with Crippen LogP contribution >= 0.6 is 0 Å². The summed E-state index contributed by atoms with van der Waals surface area (Å²) in [6, 6.07) is 9.35. The number of ether oxygens (including phenoxy) is 2. The van der Waals surface area contributed by atoms with Gasteiger partial charge in [-0.05, 0) is 5.56 Å². The van der Waals surface area contributed by atoms with Crippen molar-refractivity contribution in [3.05, 3.63) is 42.0 Å². The van der Waals surface area contributed by atoms with Crippen molar-refractivity contribution >= 4 is 17.5 Å². The van der Waals surface area contributed by atoms with Gasteiger partial charge in [0.1, 0.15) is 12.7 Å². The molecule has 0 N–H and O–H groups in total. The van der Waals surface area contributed by atoms with Gasteiger partial charge in [-0.1, -0.05) is 36.4 Å². The molecule has 0 amide bonds. The maximum Gasteiger partial charge on any atom is 0.338 e. The molecule has 1 atom stereocenters. The second-order valence-electron chi connectivity index (χ2n) is 4.05. The summed E-state index contributed by atoms with van der Waals surface area (Å²) >= 11 is 0. The predicted octanol–water partition coefficient (Wildman–Crippen LogP) is 1.95. The highest BCUT2D eigenvalue weighted by atomic mass is 16.6. The third kappa shape index (κ3) is 2.97. The number of carbonyl (C=O) groups excluding carboxylic acids is 2. The molecular formula is C14H14O4. The molecule has 0 saturated carbocycles. The number of carbonyl (C=O) groups is 2. The molecule has 0 bridgehead atoms. The number of hydrogen-bond acceptors (Lipinski definition) is 4. The summed E-state index contributed by atoms with van der Waals surface area (Å²) in [7, 11) is 0. The van der Waals surface area contributed by atoms with E-state index in [2.05, 4.69) is 0 Å². The van der Waals surface area contributed by atoms with Gasteiger partial charge >= 0.3 is 11.9 Å². The lowest BCUT2D eigenvalue weighted by Gasteiger charge is -2.21. The van der Waals surface area contributed by atoms with Crippen LogP contribution in [0.25, 0.3) is 5.57 Å². The van der Waals surface area contributed by atoms with Crippen LogP contribution < -0.4 is 0 Å². The first-order chi connectivity index (χ1) is 8.66. The first-order valence-electron chi connectivity index (χ1n) is 5.76. The molecule has 18 heavy (non-hydrogen) atoms. The minimum absolute atomic E-state index is 0.111. The molecule has 0 fully saturated rings. The van der Waals surface area contributed by atoms with Crippen LogP contribution in [0.3, 0.4) is 0 Å². The minimum atomic E-state index is -0.381. The van der Waals surface area contributed by atoms with Gasteiger partial charge in [0, 0.05) is 13.3 Å². The molecule has 4 nitrogen and oxygen atoms in total. The third-order valence-corrected chi connectivity index (χ3v) is 2.64. The normalized spacial score (nSPS) is 18.8. The van der Waals surface area contributed by atoms with Gasteiger partial charge in [0.05, 0.1) is 5.57 Å². The largest absolute Gasteiger partial charge is 0.462 e. The van der Waals surface area contributed by atoms with E-state index in [0.717, 1.165) is 5.56 Å². The van der Waals surface area contributed by atoms with Crippen molar-refractivity contribution in [3.8, 4) is 0 Å². The van der Waals surface area contributed by atoms with Crippen LogP contribution in [-0.4, -0.2) is 24.6 Å². The first kappa shape index (κ1) is 12.4. The Balaban J connectivity index is 2.04. The van der Waals surface area contributed by atoms with Crippen molar-refractivity contribution in [2.75, 3.05) is 6.61 Å². The molecule has 94 valence electrons. The zero-order chi connectivity index (χ0) is 13.0. The fraction of sp³-hybridized carbons (Fsp3) is 0.286. The van der Waals surface area contributed by atoms with Crippen LogP contribution in [0.2, 0.25) is 0 Å². The maximum atomic E-state index is 11.8. The van der Waals surface area contributed by atoms with E-state index in [1.807, 2.05) is 36.4 Å². The molecule has 1 aliphatic heterocycles. The summed E-state index contributed by atoms with van der Waals surface area (Å²) in [6.07, 6.45) is 2.01. The number of cyclic esters (lactones) is 1. The molecule has 0 saturated heterocycles. The average Bonchev–Trinajstić information content (AvgIpc) is 2.37. The minimum Gasteiger partial charge on any atom is -0.462 e. The van der Waals surface area contributed by atoms with Gasteiger partial charge in [-0.2, -0.15) is 0 Å². The lowest BCUT2D eigenvalue weighted by molar-refractivity contribution is -0.154. The van der Waals surface area contributed by atoms with Gasteiger partial charge in [-0.3, -0.25) is 4.79 Å². The van der Waals surface area contributed by atoms with Gasteiger partial charge in [0.15, 0.2) is 0 Å². The van der Waals surface area contributed by atoms with Crippen LogP contribution in [0.15, 0.2) is 36.4 Å². The fourth-order valence-corrected chi connectivity index (χ4v) is 1.76. The van der Waals surface area contributed by atoms with Gasteiger partial charge in [0.25, 0.3) is 0 Å². The highest BCUT2D eigenvalue weighted by Crippen LogP contribution is 2.23. The first-order valence-corrected chi connectivity index (χ1v) is 5.76. The van der Waals surface area contributed by atoms with Crippen LogP contribution in [0.4, 0.5) is 0 Å². The zero-order valence-electron chi connectivity index (χ0n) is 10.1. The van der Waals surface area contributed by atoms with Crippen LogP contribution in [0.1, 0.15) is 18.9 Å². The molecule has 1 heterocycles. The van der Waals surface area contributed by atoms with E-state index in [-0.39, 0.29) is 24.6 Å². The summed E-state index contributed by atoms with van der Waals surface area (Å²) < 4.78 is 10.0. The molecule has 1 aliphatic rings. The predicted molar refractivity (Wildman–Crippen MR) is 65.5 cm³/mol. The molecule has 2 rings (SSSR count). The van der Waals surface area contributed by atoms with Crippen molar-refractivity contribution in [2.24, 2.45) is 0 Å². The van der Waals surface area contributed by atoms with E-state index >= 15 is 0 Å². The van der Waals surface area contributed by atoms with Gasteiger partial charge in [0.2, 0.25) is 0 Å². The van der Waals surface area contributed by atoms with Gasteiger partial charge < -0.3 is 9.47 Å². The number of benzene rings is 1. The lowest BCUT2D eigenvalue weighted by atomic mass is 10.0. The van der Waals surface area contributed by atoms with Crippen LogP contribution in [0, 0.1) is 0 Å². The zero-order valence-corrected chi connectivity index (χ0v) is 10.1. The molecule has 0 radical (unpaired) electrons. The third-order valence-electron chi connectivity index (χ3n) is 2.64. The van der Waals surface area contributed by atoms with Gasteiger partial charge in [-0.15, -0.1) is 0 Å². The Bertz CT molecular complexity index is 476. The maximum absolute atomic E-state index is 11.8. The van der Waals surface area contributed by atoms with Crippen molar-refractivity contribution in [1.29, 1.82) is 0 Å². The highest BCUT2D eigenvalue weighted by Gasteiger charge is 2.24. The second kappa shape index (κ2) is 5.49. The summed E-state index contributed by atoms with van der Waals surface area (Å²) in [5.74, 6) is -0.742. The topological polar surface area (TPSA) is 52.6 Å². The second-order valence-corrected chi connectivity index (χ2v) is 4.05. The Labute approximate surface area is 105 Å². The van der Waals surface area contributed by atoms with Crippen LogP contribution in [0.5, 0.6) is 0 Å².